The summed E-state index contributed by atoms with van der Waals surface area (Å²) in [6, 6.07) is 5.53. The Kier molecular flexibility index (Phi) is 4.09. The minimum Gasteiger partial charge on any atom is -0.508 e. The van der Waals surface area contributed by atoms with E-state index in [0.717, 1.165) is 24.2 Å². The minimum atomic E-state index is -0.926. The van der Waals surface area contributed by atoms with E-state index in [1.807, 2.05) is 6.92 Å². The van der Waals surface area contributed by atoms with Gasteiger partial charge in [0, 0.05) is 12.6 Å². The normalized spacial score (nSPS) is 32.4. The van der Waals surface area contributed by atoms with Crippen molar-refractivity contribution >= 4 is 17.7 Å². The van der Waals surface area contributed by atoms with E-state index in [-0.39, 0.29) is 35.5 Å². The zero-order valence-electron chi connectivity index (χ0n) is 15.6. The van der Waals surface area contributed by atoms with Crippen LogP contribution in [0.3, 0.4) is 0 Å². The van der Waals surface area contributed by atoms with Crippen LogP contribution in [0.4, 0.5) is 4.79 Å². The molecule has 2 bridgehead atoms. The molecule has 1 aromatic rings. The van der Waals surface area contributed by atoms with Gasteiger partial charge < -0.3 is 10.0 Å². The van der Waals surface area contributed by atoms with Crippen LogP contribution in [0, 0.1) is 17.8 Å². The number of phenols is 1. The monoisotopic (exact) mass is 368 g/mol. The highest BCUT2D eigenvalue weighted by molar-refractivity contribution is 6.11. The van der Waals surface area contributed by atoms with E-state index < -0.39 is 11.6 Å². The summed E-state index contributed by atoms with van der Waals surface area (Å²) in [5.74, 6) is 0.150. The van der Waals surface area contributed by atoms with Crippen LogP contribution in [0.15, 0.2) is 36.4 Å². The number of amides is 3. The van der Waals surface area contributed by atoms with Crippen molar-refractivity contribution in [2.75, 3.05) is 13.6 Å². The van der Waals surface area contributed by atoms with Gasteiger partial charge in [-0.1, -0.05) is 24.3 Å². The number of hydrogen-bond acceptors (Lipinski definition) is 4. The van der Waals surface area contributed by atoms with Crippen molar-refractivity contribution in [3.63, 3.8) is 0 Å². The number of likely N-dealkylation sites (N-methyl/N-ethyl adjacent to an activating group) is 1. The zero-order valence-corrected chi connectivity index (χ0v) is 15.6. The lowest BCUT2D eigenvalue weighted by atomic mass is 9.62. The maximum atomic E-state index is 13.3. The summed E-state index contributed by atoms with van der Waals surface area (Å²) in [6.45, 7) is 1.53. The Morgan fingerprint density at radius 1 is 1.26 bits per heavy atom. The van der Waals surface area contributed by atoms with E-state index in [2.05, 4.69) is 12.2 Å². The van der Waals surface area contributed by atoms with Crippen molar-refractivity contribution in [3.05, 3.63) is 42.0 Å². The van der Waals surface area contributed by atoms with Crippen LogP contribution in [0.2, 0.25) is 0 Å². The molecule has 1 heterocycles. The maximum absolute atomic E-state index is 13.3. The Labute approximate surface area is 158 Å². The van der Waals surface area contributed by atoms with E-state index in [1.165, 1.54) is 17.0 Å². The lowest BCUT2D eigenvalue weighted by Gasteiger charge is -2.47. The highest BCUT2D eigenvalue weighted by Gasteiger charge is 2.59. The number of nitrogens with zero attached hydrogens (tertiary/aromatic N) is 2. The third-order valence-corrected chi connectivity index (χ3v) is 6.66. The number of carbonyl (C=O) groups excluding carboxylic acids is 3. The van der Waals surface area contributed by atoms with Crippen molar-refractivity contribution in [1.29, 1.82) is 0 Å². The zero-order chi connectivity index (χ0) is 19.3. The van der Waals surface area contributed by atoms with Crippen LogP contribution in [-0.4, -0.2) is 51.8 Å². The number of allylic oxidation sites excluding steroid dienone is 2. The predicted octanol–water partition coefficient (Wildman–Crippen LogP) is 2.83. The standard InChI is InChI=1S/C21H24N2O4/c1-21(17-10-13-6-8-14(17)9-7-13)19(26)23(20(27)22(21)2)12-18(25)15-4-3-5-16(24)11-15/h3-6,8,11,13-14,17,24H,7,9-10,12H2,1-2H3. The predicted molar refractivity (Wildman–Crippen MR) is 99.2 cm³/mol. The smallest absolute Gasteiger partial charge is 0.327 e. The fraction of sp³-hybridized carbons (Fsp3) is 0.476. The topological polar surface area (TPSA) is 77.9 Å². The number of urea groups is 1. The molecule has 5 rings (SSSR count). The first kappa shape index (κ1) is 17.8. The molecule has 1 saturated heterocycles. The Morgan fingerprint density at radius 2 is 2.04 bits per heavy atom. The van der Waals surface area contributed by atoms with Crippen molar-refractivity contribution in [3.8, 4) is 5.75 Å². The van der Waals surface area contributed by atoms with Crippen LogP contribution in [0.5, 0.6) is 5.75 Å². The fourth-order valence-electron chi connectivity index (χ4n) is 4.92. The molecule has 27 heavy (non-hydrogen) atoms. The maximum Gasteiger partial charge on any atom is 0.327 e. The molecule has 4 atom stereocenters. The van der Waals surface area contributed by atoms with Crippen molar-refractivity contribution in [1.82, 2.24) is 9.80 Å². The Hall–Kier alpha value is -2.63. The van der Waals surface area contributed by atoms with Crippen LogP contribution >= 0.6 is 0 Å². The lowest BCUT2D eigenvalue weighted by molar-refractivity contribution is -0.136. The molecule has 1 N–H and O–H groups in total. The number of carbonyl (C=O) groups is 3. The molecule has 6 heteroatoms. The summed E-state index contributed by atoms with van der Waals surface area (Å²) in [4.78, 5) is 41.3. The molecule has 2 fully saturated rings. The highest BCUT2D eigenvalue weighted by atomic mass is 16.3. The quantitative estimate of drug-likeness (QED) is 0.504. The molecule has 0 spiro atoms. The van der Waals surface area contributed by atoms with Gasteiger partial charge in [0.05, 0.1) is 6.54 Å². The summed E-state index contributed by atoms with van der Waals surface area (Å²) in [5.41, 5.74) is -0.642. The number of benzene rings is 1. The van der Waals surface area contributed by atoms with E-state index >= 15 is 0 Å². The van der Waals surface area contributed by atoms with Gasteiger partial charge in [0.25, 0.3) is 5.91 Å². The Morgan fingerprint density at radius 3 is 2.63 bits per heavy atom. The van der Waals surface area contributed by atoms with E-state index in [9.17, 15) is 19.5 Å². The molecule has 0 aromatic heterocycles. The average molecular weight is 368 g/mol. The van der Waals surface area contributed by atoms with Crippen LogP contribution in [-0.2, 0) is 4.79 Å². The molecule has 4 unspecified atom stereocenters. The number of aromatic hydroxyl groups is 1. The number of phenolic OH excluding ortho intramolecular Hbond substituents is 1. The van der Waals surface area contributed by atoms with E-state index in [1.54, 1.807) is 19.2 Å². The van der Waals surface area contributed by atoms with E-state index in [4.69, 9.17) is 0 Å². The van der Waals surface area contributed by atoms with Gasteiger partial charge >= 0.3 is 6.03 Å². The molecule has 1 aliphatic heterocycles. The molecule has 3 amide bonds. The summed E-state index contributed by atoms with van der Waals surface area (Å²) in [7, 11) is 1.66. The molecule has 3 aliphatic carbocycles. The van der Waals surface area contributed by atoms with Crippen LogP contribution < -0.4 is 0 Å². The van der Waals surface area contributed by atoms with Gasteiger partial charge in [0.1, 0.15) is 11.3 Å². The highest BCUT2D eigenvalue weighted by Crippen LogP contribution is 2.49. The van der Waals surface area contributed by atoms with Gasteiger partial charge in [-0.15, -0.1) is 0 Å². The first-order valence-electron chi connectivity index (χ1n) is 9.42. The number of fused-ring (bicyclic) bond motifs is 2. The van der Waals surface area contributed by atoms with Gasteiger partial charge in [0.2, 0.25) is 0 Å². The second-order valence-corrected chi connectivity index (χ2v) is 8.08. The number of rotatable bonds is 4. The Balaban J connectivity index is 1.59. The third kappa shape index (κ3) is 2.66. The minimum absolute atomic E-state index is 0.0214. The molecular weight excluding hydrogens is 344 g/mol. The molecule has 0 radical (unpaired) electrons. The second-order valence-electron chi connectivity index (χ2n) is 8.08. The number of imide groups is 1. The molecule has 142 valence electrons. The molecule has 4 aliphatic rings. The van der Waals surface area contributed by atoms with Gasteiger partial charge in [-0.3, -0.25) is 14.5 Å². The van der Waals surface area contributed by atoms with Crippen LogP contribution in [0.25, 0.3) is 0 Å². The van der Waals surface area contributed by atoms with Crippen molar-refractivity contribution in [2.24, 2.45) is 17.8 Å². The number of Topliss-reactive ketones (excluding diaryl/α,β-unsaturated/α-hetero) is 1. The summed E-state index contributed by atoms with van der Waals surface area (Å²) >= 11 is 0. The third-order valence-electron chi connectivity index (χ3n) is 6.66. The first-order valence-corrected chi connectivity index (χ1v) is 9.42. The number of ketones is 1. The van der Waals surface area contributed by atoms with Crippen molar-refractivity contribution < 1.29 is 19.5 Å². The summed E-state index contributed by atoms with van der Waals surface area (Å²) in [6.07, 6.45) is 7.51. The Bertz CT molecular complexity index is 848. The molecule has 1 aromatic carbocycles. The first-order chi connectivity index (χ1) is 12.8. The molecule has 6 nitrogen and oxygen atoms in total. The summed E-state index contributed by atoms with van der Waals surface area (Å²) in [5, 5.41) is 9.57. The van der Waals surface area contributed by atoms with Crippen LogP contribution in [0.1, 0.15) is 36.5 Å². The van der Waals surface area contributed by atoms with Gasteiger partial charge in [-0.2, -0.15) is 0 Å². The largest absolute Gasteiger partial charge is 0.508 e. The second kappa shape index (κ2) is 6.22. The molecule has 1 saturated carbocycles. The lowest BCUT2D eigenvalue weighted by Crippen LogP contribution is -2.55. The number of hydrogen-bond donors (Lipinski definition) is 1. The SMILES string of the molecule is CN1C(=O)N(CC(=O)c2cccc(O)c2)C(=O)C1(C)C1CC2C=CC1CC2. The average Bonchev–Trinajstić information content (AvgIpc) is 2.85. The fourth-order valence-corrected chi connectivity index (χ4v) is 4.92. The summed E-state index contributed by atoms with van der Waals surface area (Å²) < 4.78 is 0. The van der Waals surface area contributed by atoms with E-state index in [0.29, 0.717) is 11.8 Å². The van der Waals surface area contributed by atoms with Gasteiger partial charge in [-0.25, -0.2) is 4.79 Å². The van der Waals surface area contributed by atoms with Crippen molar-refractivity contribution in [2.45, 2.75) is 31.7 Å². The van der Waals surface area contributed by atoms with Gasteiger partial charge in [-0.05, 0) is 56.1 Å². The molecular formula is C21H24N2O4. The van der Waals surface area contributed by atoms with Gasteiger partial charge in [0.15, 0.2) is 5.78 Å².